The molecule has 0 amide bonds. The second-order valence-corrected chi connectivity index (χ2v) is 11.0. The van der Waals surface area contributed by atoms with Crippen molar-refractivity contribution in [2.24, 2.45) is 0 Å². The van der Waals surface area contributed by atoms with Crippen molar-refractivity contribution in [2.45, 2.75) is 19.3 Å². The van der Waals surface area contributed by atoms with Crippen LogP contribution in [-0.4, -0.2) is 0 Å². The molecule has 0 heteroatoms. The molecule has 0 aromatic heterocycles. The SMILES string of the molecule is CC1(C)c2cc(-c3ccccc3)ccc2-c2ccc(-c3cc4c5c(cccc5c3)-c3ccccc3-4)cc21. The maximum atomic E-state index is 2.44. The molecule has 174 valence electrons. The van der Waals surface area contributed by atoms with Gasteiger partial charge in [0.15, 0.2) is 0 Å². The molecule has 0 radical (unpaired) electrons. The Morgan fingerprint density at radius 3 is 1.68 bits per heavy atom. The lowest BCUT2D eigenvalue weighted by Gasteiger charge is -2.23. The van der Waals surface area contributed by atoms with E-state index in [1.807, 2.05) is 0 Å². The van der Waals surface area contributed by atoms with E-state index in [0.717, 1.165) is 0 Å². The summed E-state index contributed by atoms with van der Waals surface area (Å²) in [7, 11) is 0. The van der Waals surface area contributed by atoms with Gasteiger partial charge in [-0.25, -0.2) is 0 Å². The first-order chi connectivity index (χ1) is 18.1. The van der Waals surface area contributed by atoms with Gasteiger partial charge in [0.1, 0.15) is 0 Å². The fourth-order valence-corrected chi connectivity index (χ4v) is 6.71. The second kappa shape index (κ2) is 7.31. The van der Waals surface area contributed by atoms with Crippen molar-refractivity contribution in [3.05, 3.63) is 132 Å². The minimum atomic E-state index is -0.0567. The Hall–Kier alpha value is -4.42. The highest BCUT2D eigenvalue weighted by molar-refractivity contribution is 6.16. The zero-order valence-electron chi connectivity index (χ0n) is 21.0. The summed E-state index contributed by atoms with van der Waals surface area (Å²) in [6.07, 6.45) is 0. The van der Waals surface area contributed by atoms with E-state index >= 15 is 0 Å². The summed E-state index contributed by atoms with van der Waals surface area (Å²) in [4.78, 5) is 0. The zero-order chi connectivity index (χ0) is 24.7. The van der Waals surface area contributed by atoms with Gasteiger partial charge in [-0.15, -0.1) is 0 Å². The molecular formula is C37H26. The quantitative estimate of drug-likeness (QED) is 0.236. The second-order valence-electron chi connectivity index (χ2n) is 11.0. The maximum Gasteiger partial charge on any atom is 0.0159 e. The Balaban J connectivity index is 1.28. The summed E-state index contributed by atoms with van der Waals surface area (Å²) >= 11 is 0. The van der Waals surface area contributed by atoms with Crippen molar-refractivity contribution in [3.8, 4) is 55.6 Å². The van der Waals surface area contributed by atoms with Crippen LogP contribution in [0, 0.1) is 0 Å². The monoisotopic (exact) mass is 470 g/mol. The van der Waals surface area contributed by atoms with E-state index in [1.54, 1.807) is 0 Å². The van der Waals surface area contributed by atoms with Crippen LogP contribution >= 0.6 is 0 Å². The normalized spacial score (nSPS) is 13.9. The third kappa shape index (κ3) is 2.84. The minimum Gasteiger partial charge on any atom is -0.0622 e. The molecule has 6 aromatic rings. The summed E-state index contributed by atoms with van der Waals surface area (Å²) in [5.41, 5.74) is 16.0. The Kier molecular flexibility index (Phi) is 4.10. The molecule has 0 atom stereocenters. The zero-order valence-corrected chi connectivity index (χ0v) is 21.0. The van der Waals surface area contributed by atoms with Crippen molar-refractivity contribution in [2.75, 3.05) is 0 Å². The molecule has 0 saturated heterocycles. The molecule has 0 nitrogen and oxygen atoms in total. The summed E-state index contributed by atoms with van der Waals surface area (Å²) in [6, 6.07) is 45.1. The van der Waals surface area contributed by atoms with Crippen LogP contribution in [-0.2, 0) is 5.41 Å². The van der Waals surface area contributed by atoms with E-state index in [-0.39, 0.29) is 5.41 Å². The predicted molar refractivity (Wildman–Crippen MR) is 157 cm³/mol. The lowest BCUT2D eigenvalue weighted by Crippen LogP contribution is -2.15. The fourth-order valence-electron chi connectivity index (χ4n) is 6.71. The van der Waals surface area contributed by atoms with Crippen LogP contribution in [0.5, 0.6) is 0 Å². The molecule has 0 N–H and O–H groups in total. The highest BCUT2D eigenvalue weighted by Gasteiger charge is 2.36. The van der Waals surface area contributed by atoms with E-state index < -0.39 is 0 Å². The van der Waals surface area contributed by atoms with Gasteiger partial charge in [-0.2, -0.15) is 0 Å². The fraction of sp³-hybridized carbons (Fsp3) is 0.0811. The first-order valence-electron chi connectivity index (χ1n) is 13.1. The first-order valence-corrected chi connectivity index (χ1v) is 13.1. The van der Waals surface area contributed by atoms with Gasteiger partial charge in [0.2, 0.25) is 0 Å². The van der Waals surface area contributed by atoms with Crippen molar-refractivity contribution in [1.29, 1.82) is 0 Å². The summed E-state index contributed by atoms with van der Waals surface area (Å²) in [6.45, 7) is 4.75. The standard InChI is InChI=1S/C37H26/c1-37(2)34-21-24(23-9-4-3-5-10-23)15-17-30(34)31-18-16-25(22-35(31)37)27-19-26-11-8-14-32-28-12-6-7-13-29(28)33(20-27)36(26)32/h3-22H,1-2H3. The predicted octanol–water partition coefficient (Wildman–Crippen LogP) is 10.1. The van der Waals surface area contributed by atoms with Gasteiger partial charge in [-0.05, 0) is 102 Å². The van der Waals surface area contributed by atoms with Crippen molar-refractivity contribution in [1.82, 2.24) is 0 Å². The molecule has 2 aliphatic carbocycles. The Morgan fingerprint density at radius 2 is 0.973 bits per heavy atom. The van der Waals surface area contributed by atoms with Crippen LogP contribution in [0.15, 0.2) is 121 Å². The van der Waals surface area contributed by atoms with E-state index in [4.69, 9.17) is 0 Å². The highest BCUT2D eigenvalue weighted by Crippen LogP contribution is 2.52. The van der Waals surface area contributed by atoms with E-state index in [2.05, 4.69) is 135 Å². The maximum absolute atomic E-state index is 2.44. The molecule has 0 spiro atoms. The Labute approximate surface area is 217 Å². The van der Waals surface area contributed by atoms with Gasteiger partial charge < -0.3 is 0 Å². The topological polar surface area (TPSA) is 0 Å². The van der Waals surface area contributed by atoms with Crippen LogP contribution in [0.2, 0.25) is 0 Å². The molecule has 0 aliphatic heterocycles. The number of hydrogen-bond acceptors (Lipinski definition) is 0. The van der Waals surface area contributed by atoms with E-state index in [9.17, 15) is 0 Å². The van der Waals surface area contributed by atoms with Gasteiger partial charge in [0.25, 0.3) is 0 Å². The average molecular weight is 471 g/mol. The van der Waals surface area contributed by atoms with E-state index in [1.165, 1.54) is 77.5 Å². The summed E-state index contributed by atoms with van der Waals surface area (Å²) < 4.78 is 0. The van der Waals surface area contributed by atoms with Crippen LogP contribution in [0.3, 0.4) is 0 Å². The molecule has 0 fully saturated rings. The molecule has 6 aromatic carbocycles. The number of rotatable bonds is 2. The van der Waals surface area contributed by atoms with Gasteiger partial charge in [-0.1, -0.05) is 111 Å². The number of benzene rings is 6. The van der Waals surface area contributed by atoms with Crippen LogP contribution < -0.4 is 0 Å². The molecule has 0 saturated carbocycles. The first kappa shape index (κ1) is 20.7. The molecule has 0 unspecified atom stereocenters. The third-order valence-corrected chi connectivity index (χ3v) is 8.60. The van der Waals surface area contributed by atoms with Gasteiger partial charge in [0, 0.05) is 5.41 Å². The summed E-state index contributed by atoms with van der Waals surface area (Å²) in [5.74, 6) is 0. The van der Waals surface area contributed by atoms with Gasteiger partial charge in [0.05, 0.1) is 0 Å². The van der Waals surface area contributed by atoms with Gasteiger partial charge in [-0.3, -0.25) is 0 Å². The molecule has 2 aliphatic rings. The van der Waals surface area contributed by atoms with Crippen LogP contribution in [0.25, 0.3) is 66.4 Å². The lowest BCUT2D eigenvalue weighted by molar-refractivity contribution is 0.661. The highest BCUT2D eigenvalue weighted by atomic mass is 14.4. The number of hydrogen-bond donors (Lipinski definition) is 0. The van der Waals surface area contributed by atoms with E-state index in [0.29, 0.717) is 0 Å². The Morgan fingerprint density at radius 1 is 0.378 bits per heavy atom. The van der Waals surface area contributed by atoms with Gasteiger partial charge >= 0.3 is 0 Å². The molecule has 8 rings (SSSR count). The summed E-state index contributed by atoms with van der Waals surface area (Å²) in [5, 5.41) is 2.70. The minimum absolute atomic E-state index is 0.0567. The molecular weight excluding hydrogens is 444 g/mol. The van der Waals surface area contributed by atoms with Crippen molar-refractivity contribution < 1.29 is 0 Å². The largest absolute Gasteiger partial charge is 0.0622 e. The molecule has 0 heterocycles. The number of fused-ring (bicyclic) bond motifs is 6. The van der Waals surface area contributed by atoms with Crippen molar-refractivity contribution in [3.63, 3.8) is 0 Å². The molecule has 37 heavy (non-hydrogen) atoms. The smallest absolute Gasteiger partial charge is 0.0159 e. The van der Waals surface area contributed by atoms with Crippen LogP contribution in [0.4, 0.5) is 0 Å². The average Bonchev–Trinajstić information content (AvgIpc) is 3.39. The van der Waals surface area contributed by atoms with Crippen molar-refractivity contribution >= 4 is 10.8 Å². The lowest BCUT2D eigenvalue weighted by atomic mass is 9.80. The third-order valence-electron chi connectivity index (χ3n) is 8.60. The van der Waals surface area contributed by atoms with Crippen LogP contribution in [0.1, 0.15) is 25.0 Å². The molecule has 0 bridgehead atoms. The Bertz CT molecular complexity index is 1890.